The fourth-order valence-corrected chi connectivity index (χ4v) is 5.74. The molecule has 0 unspecified atom stereocenters. The van der Waals surface area contributed by atoms with Gasteiger partial charge in [-0.2, -0.15) is 0 Å². The fourth-order valence-electron chi connectivity index (χ4n) is 4.66. The molecule has 3 rings (SSSR count). The summed E-state index contributed by atoms with van der Waals surface area (Å²) in [6, 6.07) is 8.27. The van der Waals surface area contributed by atoms with Crippen molar-refractivity contribution in [2.75, 3.05) is 0 Å². The summed E-state index contributed by atoms with van der Waals surface area (Å²) in [7, 11) is 0. The first-order valence-electron chi connectivity index (χ1n) is 17.2. The minimum absolute atomic E-state index is 0.738. The minimum Gasteiger partial charge on any atom is -0.231 e. The van der Waals surface area contributed by atoms with Gasteiger partial charge in [-0.3, -0.25) is 0 Å². The lowest BCUT2D eigenvalue weighted by molar-refractivity contribution is 1.10. The molecule has 0 N–H and O–H groups in total. The molecule has 3 heteroatoms. The second-order valence-electron chi connectivity index (χ2n) is 11.0. The average molecular weight is 693 g/mol. The number of allylic oxidation sites excluding steroid dienone is 21. The van der Waals surface area contributed by atoms with E-state index in [2.05, 4.69) is 102 Å². The van der Waals surface area contributed by atoms with Crippen LogP contribution in [0.4, 0.5) is 0 Å². The highest BCUT2D eigenvalue weighted by molar-refractivity contribution is 7.19. The van der Waals surface area contributed by atoms with Crippen LogP contribution in [0.2, 0.25) is 0 Å². The van der Waals surface area contributed by atoms with E-state index >= 15 is 0 Å². The van der Waals surface area contributed by atoms with Crippen LogP contribution in [0, 0.1) is 6.92 Å². The highest BCUT2D eigenvalue weighted by Gasteiger charge is 2.15. The van der Waals surface area contributed by atoms with Crippen LogP contribution in [0.25, 0.3) is 33.3 Å². The van der Waals surface area contributed by atoms with Crippen molar-refractivity contribution in [1.82, 2.24) is 9.97 Å². The topological polar surface area (TPSA) is 25.8 Å². The van der Waals surface area contributed by atoms with E-state index in [0.717, 1.165) is 67.1 Å². The number of nitrogens with zero attached hydrogens (tertiary/aromatic N) is 2. The standard InChI is InChI=1S/C27H26N2S.C19H24.C2H6/c1-6-8-10-11-12-14-24-26-25(23(13-9-7-2)20(5)30-26)29-27(28-24)22-17-15-21(16-18-22)19(3)4;1-7-11-13-18(9-3)16(5)15-17(6)19(10-4)14-12-8-2;1-2/h6-13,15-18H,1-3,14H2,4-5H3;7-15H,1,4,6H2,2-3,5H3;1-2H3/b10-8-,12-11-,13-9-;12-8-,13-11-,16-15+,18-9+,19-14+;. The number of fused-ring (bicyclic) bond motifs is 1. The molecule has 0 saturated heterocycles. The Bertz CT molecular complexity index is 1900. The van der Waals surface area contributed by atoms with Crippen LogP contribution in [-0.2, 0) is 6.42 Å². The maximum Gasteiger partial charge on any atom is 0.160 e. The molecule has 2 heterocycles. The second kappa shape index (κ2) is 24.7. The Balaban J connectivity index is 0.000000537. The molecule has 1 aromatic carbocycles. The molecule has 0 radical (unpaired) electrons. The van der Waals surface area contributed by atoms with Gasteiger partial charge in [0.1, 0.15) is 0 Å². The van der Waals surface area contributed by atoms with Gasteiger partial charge in [0.2, 0.25) is 0 Å². The Kier molecular flexibility index (Phi) is 21.1. The average Bonchev–Trinajstić information content (AvgIpc) is 3.46. The fraction of sp³-hybridized carbons (Fsp3) is 0.167. The van der Waals surface area contributed by atoms with E-state index in [1.165, 1.54) is 10.5 Å². The molecule has 0 fully saturated rings. The van der Waals surface area contributed by atoms with E-state index < -0.39 is 0 Å². The van der Waals surface area contributed by atoms with Gasteiger partial charge in [0, 0.05) is 22.4 Å². The van der Waals surface area contributed by atoms with Crippen LogP contribution >= 0.6 is 11.3 Å². The van der Waals surface area contributed by atoms with Crippen molar-refractivity contribution in [3.63, 3.8) is 0 Å². The third-order valence-corrected chi connectivity index (χ3v) is 8.45. The van der Waals surface area contributed by atoms with Gasteiger partial charge in [0.25, 0.3) is 0 Å². The van der Waals surface area contributed by atoms with E-state index in [9.17, 15) is 0 Å². The highest BCUT2D eigenvalue weighted by Crippen LogP contribution is 2.34. The summed E-state index contributed by atoms with van der Waals surface area (Å²) >= 11 is 1.74. The number of hydrogen-bond donors (Lipinski definition) is 0. The first kappa shape index (κ1) is 43.6. The van der Waals surface area contributed by atoms with Crippen LogP contribution in [-0.4, -0.2) is 9.97 Å². The molecule has 0 saturated carbocycles. The zero-order chi connectivity index (χ0) is 38.2. The van der Waals surface area contributed by atoms with Crippen molar-refractivity contribution in [3.05, 3.63) is 205 Å². The number of aromatic nitrogens is 2. The van der Waals surface area contributed by atoms with Crippen molar-refractivity contribution in [1.29, 1.82) is 0 Å². The summed E-state index contributed by atoms with van der Waals surface area (Å²) in [5.74, 6) is 0.742. The van der Waals surface area contributed by atoms with E-state index in [1.54, 1.807) is 29.6 Å². The van der Waals surface area contributed by atoms with Crippen LogP contribution in [0.15, 0.2) is 183 Å². The maximum absolute atomic E-state index is 4.95. The monoisotopic (exact) mass is 692 g/mol. The number of rotatable bonds is 15. The quantitative estimate of drug-likeness (QED) is 0.148. The maximum atomic E-state index is 4.95. The molecule has 51 heavy (non-hydrogen) atoms. The summed E-state index contributed by atoms with van der Waals surface area (Å²) in [4.78, 5) is 11.1. The summed E-state index contributed by atoms with van der Waals surface area (Å²) in [6.45, 7) is 37.3. The molecule has 0 aliphatic rings. The largest absolute Gasteiger partial charge is 0.231 e. The SMILES string of the molecule is C=C/C=C\C=C/Cc1nc(-c2ccc(C(=C)C)cc2)nc2c(/C=C\C=C)c(C)sc12.C=C\C=C/C(=C\C)C(/C)=C/C(=C)/C(C=C)=C/C=C\C.CC. The molecule has 264 valence electrons. The Morgan fingerprint density at radius 3 is 2.04 bits per heavy atom. The number of thiophene rings is 1. The molecule has 3 aromatic rings. The van der Waals surface area contributed by atoms with E-state index in [-0.39, 0.29) is 0 Å². The molecule has 2 aromatic heterocycles. The summed E-state index contributed by atoms with van der Waals surface area (Å²) in [6.07, 6.45) is 34.0. The van der Waals surface area contributed by atoms with Gasteiger partial charge in [-0.25, -0.2) is 9.97 Å². The molecule has 2 nitrogen and oxygen atoms in total. The number of aryl methyl sites for hydroxylation is 1. The Hall–Kier alpha value is -5.38. The van der Waals surface area contributed by atoms with E-state index in [4.69, 9.17) is 9.97 Å². The van der Waals surface area contributed by atoms with Crippen LogP contribution in [0.1, 0.15) is 63.2 Å². The highest BCUT2D eigenvalue weighted by atomic mass is 32.1. The molecule has 0 atom stereocenters. The van der Waals surface area contributed by atoms with Crippen LogP contribution in [0.5, 0.6) is 0 Å². The minimum atomic E-state index is 0.738. The van der Waals surface area contributed by atoms with Crippen molar-refractivity contribution >= 4 is 33.2 Å². The van der Waals surface area contributed by atoms with Crippen molar-refractivity contribution < 1.29 is 0 Å². The Morgan fingerprint density at radius 1 is 0.804 bits per heavy atom. The van der Waals surface area contributed by atoms with Crippen LogP contribution in [0.3, 0.4) is 0 Å². The zero-order valence-electron chi connectivity index (χ0n) is 31.9. The summed E-state index contributed by atoms with van der Waals surface area (Å²) in [5, 5.41) is 0. The predicted molar refractivity (Wildman–Crippen MR) is 234 cm³/mol. The van der Waals surface area contributed by atoms with Crippen molar-refractivity contribution in [2.45, 2.75) is 54.9 Å². The van der Waals surface area contributed by atoms with Gasteiger partial charge in [0.15, 0.2) is 5.82 Å². The lowest BCUT2D eigenvalue weighted by Crippen LogP contribution is -1.96. The van der Waals surface area contributed by atoms with E-state index in [1.807, 2.05) is 95.4 Å². The second-order valence-corrected chi connectivity index (χ2v) is 12.2. The Labute approximate surface area is 313 Å². The van der Waals surface area contributed by atoms with Gasteiger partial charge in [-0.15, -0.1) is 11.3 Å². The zero-order valence-corrected chi connectivity index (χ0v) is 32.7. The number of benzene rings is 1. The molecule has 0 bridgehead atoms. The molecular formula is C48H56N2S. The normalized spacial score (nSPS) is 12.3. The lowest BCUT2D eigenvalue weighted by Gasteiger charge is -2.07. The first-order valence-corrected chi connectivity index (χ1v) is 18.1. The van der Waals surface area contributed by atoms with Gasteiger partial charge < -0.3 is 0 Å². The summed E-state index contributed by atoms with van der Waals surface area (Å²) in [5.41, 5.74) is 10.6. The molecule has 0 amide bonds. The smallest absolute Gasteiger partial charge is 0.160 e. The van der Waals surface area contributed by atoms with Gasteiger partial charge in [0.05, 0.1) is 15.9 Å². The predicted octanol–water partition coefficient (Wildman–Crippen LogP) is 14.6. The molecular weight excluding hydrogens is 637 g/mol. The Morgan fingerprint density at radius 2 is 1.47 bits per heavy atom. The van der Waals surface area contributed by atoms with Gasteiger partial charge in [-0.1, -0.05) is 186 Å². The van der Waals surface area contributed by atoms with Gasteiger partial charge in [-0.05, 0) is 62.5 Å². The number of hydrogen-bond acceptors (Lipinski definition) is 3. The first-order chi connectivity index (χ1) is 24.6. The van der Waals surface area contributed by atoms with E-state index in [0.29, 0.717) is 0 Å². The third-order valence-electron chi connectivity index (χ3n) is 7.29. The van der Waals surface area contributed by atoms with Crippen molar-refractivity contribution in [2.24, 2.45) is 0 Å². The van der Waals surface area contributed by atoms with Crippen LogP contribution < -0.4 is 0 Å². The summed E-state index contributed by atoms with van der Waals surface area (Å²) < 4.78 is 1.14. The lowest BCUT2D eigenvalue weighted by atomic mass is 10.00. The third kappa shape index (κ3) is 14.2. The molecule has 0 aliphatic heterocycles. The molecule has 0 spiro atoms. The van der Waals surface area contributed by atoms with Crippen molar-refractivity contribution in [3.8, 4) is 11.4 Å². The van der Waals surface area contributed by atoms with Gasteiger partial charge >= 0.3 is 0 Å². The molecule has 0 aliphatic carbocycles.